The number of amides is 1. The number of likely N-dealkylation sites (N-methyl/N-ethyl adjacent to an activating group) is 1. The number of anilines is 1. The van der Waals surface area contributed by atoms with Crippen molar-refractivity contribution in [2.75, 3.05) is 44.7 Å². The number of piperazine rings is 1. The lowest BCUT2D eigenvalue weighted by Gasteiger charge is -2.36. The third-order valence-corrected chi connectivity index (χ3v) is 6.48. The zero-order valence-corrected chi connectivity index (χ0v) is 17.3. The molecule has 1 amide bonds. The molecular weight excluding hydrogens is 370 g/mol. The molecule has 0 radical (unpaired) electrons. The Morgan fingerprint density at radius 1 is 1.18 bits per heavy atom. The van der Waals surface area contributed by atoms with E-state index < -0.39 is 0 Å². The van der Waals surface area contributed by atoms with Crippen LogP contribution in [-0.2, 0) is 11.2 Å². The molecule has 5 heteroatoms. The molecule has 0 aromatic heterocycles. The Morgan fingerprint density at radius 2 is 1.96 bits per heavy atom. The van der Waals surface area contributed by atoms with Crippen LogP contribution in [0.2, 0.25) is 5.02 Å². The van der Waals surface area contributed by atoms with Crippen LogP contribution in [0.15, 0.2) is 48.5 Å². The van der Waals surface area contributed by atoms with Crippen LogP contribution in [0.3, 0.4) is 0 Å². The van der Waals surface area contributed by atoms with Gasteiger partial charge in [-0.05, 0) is 48.6 Å². The van der Waals surface area contributed by atoms with Crippen LogP contribution in [0, 0.1) is 0 Å². The van der Waals surface area contributed by atoms with Crippen molar-refractivity contribution in [1.82, 2.24) is 4.90 Å². The molecule has 0 saturated carbocycles. The summed E-state index contributed by atoms with van der Waals surface area (Å²) in [6.07, 6.45) is 3.35. The highest BCUT2D eigenvalue weighted by molar-refractivity contribution is 6.30. The fourth-order valence-electron chi connectivity index (χ4n) is 4.57. The molecule has 0 unspecified atom stereocenters. The van der Waals surface area contributed by atoms with Crippen LogP contribution < -0.4 is 9.80 Å². The minimum atomic E-state index is 0.226. The number of nitrogens with zero attached hydrogens (tertiary/aromatic N) is 2. The Bertz CT molecular complexity index is 832. The summed E-state index contributed by atoms with van der Waals surface area (Å²) >= 11 is 6.12. The van der Waals surface area contributed by atoms with Gasteiger partial charge in [-0.1, -0.05) is 41.9 Å². The van der Waals surface area contributed by atoms with Gasteiger partial charge in [-0.25, -0.2) is 0 Å². The molecule has 28 heavy (non-hydrogen) atoms. The number of hydrogen-bond donors (Lipinski definition) is 1. The van der Waals surface area contributed by atoms with Gasteiger partial charge in [0.1, 0.15) is 0 Å². The van der Waals surface area contributed by atoms with E-state index in [4.69, 9.17) is 11.6 Å². The van der Waals surface area contributed by atoms with Gasteiger partial charge in [0, 0.05) is 17.8 Å². The van der Waals surface area contributed by atoms with E-state index >= 15 is 0 Å². The van der Waals surface area contributed by atoms with E-state index in [1.165, 1.54) is 21.7 Å². The van der Waals surface area contributed by atoms with Gasteiger partial charge in [0.25, 0.3) is 5.91 Å². The second kappa shape index (κ2) is 8.54. The quantitative estimate of drug-likeness (QED) is 0.857. The minimum absolute atomic E-state index is 0.226. The van der Waals surface area contributed by atoms with Gasteiger partial charge >= 0.3 is 0 Å². The standard InChI is InChI=1S/C23H28ClN3O/c1-25(22-11-4-7-18-6-2-3-10-21(18)22)23(28)17-26-12-14-27(15-13-26)20-9-5-8-19(24)16-20/h2-3,5-6,8-10,16,22H,4,7,11-15,17H2,1H3/p+1/t22-/m1/s1. The van der Waals surface area contributed by atoms with E-state index in [1.807, 2.05) is 30.1 Å². The van der Waals surface area contributed by atoms with Gasteiger partial charge in [0.05, 0.1) is 32.2 Å². The number of halogens is 1. The number of aryl methyl sites for hydroxylation is 1. The first-order valence-corrected chi connectivity index (χ1v) is 10.7. The second-order valence-electron chi connectivity index (χ2n) is 8.01. The molecule has 1 N–H and O–H groups in total. The Labute approximate surface area is 172 Å². The molecule has 2 aliphatic rings. The fourth-order valence-corrected chi connectivity index (χ4v) is 4.76. The number of carbonyl (C=O) groups excluding carboxylic acids is 1. The SMILES string of the molecule is CN(C(=O)C[NH+]1CCN(c2cccc(Cl)c2)CC1)[C@@H]1CCCc2ccccc21. The van der Waals surface area contributed by atoms with E-state index in [0.717, 1.165) is 50.5 Å². The summed E-state index contributed by atoms with van der Waals surface area (Å²) in [6, 6.07) is 16.9. The minimum Gasteiger partial charge on any atom is -0.360 e. The zero-order valence-electron chi connectivity index (χ0n) is 16.5. The van der Waals surface area contributed by atoms with E-state index in [9.17, 15) is 4.79 Å². The van der Waals surface area contributed by atoms with Crippen molar-refractivity contribution >= 4 is 23.2 Å². The molecule has 1 fully saturated rings. The molecule has 148 valence electrons. The van der Waals surface area contributed by atoms with Gasteiger partial charge in [0.2, 0.25) is 0 Å². The van der Waals surface area contributed by atoms with Crippen LogP contribution in [0.25, 0.3) is 0 Å². The molecule has 1 atom stereocenters. The zero-order chi connectivity index (χ0) is 19.5. The number of quaternary nitrogens is 1. The predicted octanol–water partition coefficient (Wildman–Crippen LogP) is 2.58. The highest BCUT2D eigenvalue weighted by atomic mass is 35.5. The number of fused-ring (bicyclic) bond motifs is 1. The number of nitrogens with one attached hydrogen (secondary N) is 1. The first-order valence-electron chi connectivity index (χ1n) is 10.3. The molecule has 2 aromatic rings. The Kier molecular flexibility index (Phi) is 5.88. The lowest BCUT2D eigenvalue weighted by molar-refractivity contribution is -0.892. The van der Waals surface area contributed by atoms with Crippen molar-refractivity contribution in [3.8, 4) is 0 Å². The van der Waals surface area contributed by atoms with Gasteiger partial charge < -0.3 is 14.7 Å². The highest BCUT2D eigenvalue weighted by Crippen LogP contribution is 2.33. The van der Waals surface area contributed by atoms with E-state index in [-0.39, 0.29) is 11.9 Å². The fraction of sp³-hybridized carbons (Fsp3) is 0.435. The van der Waals surface area contributed by atoms with Gasteiger partial charge in [-0.15, -0.1) is 0 Å². The van der Waals surface area contributed by atoms with Crippen LogP contribution in [0.4, 0.5) is 5.69 Å². The maximum atomic E-state index is 13.0. The van der Waals surface area contributed by atoms with Gasteiger partial charge in [0.15, 0.2) is 6.54 Å². The van der Waals surface area contributed by atoms with E-state index in [0.29, 0.717) is 6.54 Å². The Morgan fingerprint density at radius 3 is 2.75 bits per heavy atom. The lowest BCUT2D eigenvalue weighted by atomic mass is 9.87. The van der Waals surface area contributed by atoms with Crippen LogP contribution in [-0.4, -0.2) is 50.6 Å². The third kappa shape index (κ3) is 4.18. The number of carbonyl (C=O) groups is 1. The highest BCUT2D eigenvalue weighted by Gasteiger charge is 2.29. The largest absolute Gasteiger partial charge is 0.360 e. The molecule has 1 aliphatic carbocycles. The van der Waals surface area contributed by atoms with Crippen molar-refractivity contribution in [1.29, 1.82) is 0 Å². The first-order chi connectivity index (χ1) is 13.6. The average molecular weight is 399 g/mol. The predicted molar refractivity (Wildman–Crippen MR) is 114 cm³/mol. The molecular formula is C23H29ClN3O+. The molecule has 1 saturated heterocycles. The van der Waals surface area contributed by atoms with E-state index in [1.54, 1.807) is 0 Å². The molecule has 1 heterocycles. The summed E-state index contributed by atoms with van der Waals surface area (Å²) < 4.78 is 0. The third-order valence-electron chi connectivity index (χ3n) is 6.24. The molecule has 2 aromatic carbocycles. The normalized spacial score (nSPS) is 19.9. The van der Waals surface area contributed by atoms with Gasteiger partial charge in [-0.3, -0.25) is 4.79 Å². The van der Waals surface area contributed by atoms with E-state index in [2.05, 4.69) is 35.2 Å². The topological polar surface area (TPSA) is 28.0 Å². The molecule has 0 spiro atoms. The van der Waals surface area contributed by atoms with Crippen molar-refractivity contribution < 1.29 is 9.69 Å². The number of hydrogen-bond acceptors (Lipinski definition) is 2. The summed E-state index contributed by atoms with van der Waals surface area (Å²) in [6.45, 7) is 4.46. The summed E-state index contributed by atoms with van der Waals surface area (Å²) in [5, 5.41) is 0.775. The van der Waals surface area contributed by atoms with Gasteiger partial charge in [-0.2, -0.15) is 0 Å². The maximum Gasteiger partial charge on any atom is 0.278 e. The summed E-state index contributed by atoms with van der Waals surface area (Å²) in [5.41, 5.74) is 3.92. The Hall–Kier alpha value is -2.04. The van der Waals surface area contributed by atoms with Crippen molar-refractivity contribution in [2.24, 2.45) is 0 Å². The molecule has 1 aliphatic heterocycles. The average Bonchev–Trinajstić information content (AvgIpc) is 2.73. The number of benzene rings is 2. The summed E-state index contributed by atoms with van der Waals surface area (Å²) in [5.74, 6) is 0.257. The maximum absolute atomic E-state index is 13.0. The second-order valence-corrected chi connectivity index (χ2v) is 8.44. The Balaban J connectivity index is 1.34. The molecule has 4 rings (SSSR count). The summed E-state index contributed by atoms with van der Waals surface area (Å²) in [7, 11) is 1.98. The van der Waals surface area contributed by atoms with Crippen molar-refractivity contribution in [2.45, 2.75) is 25.3 Å². The van der Waals surface area contributed by atoms with Crippen LogP contribution in [0.1, 0.15) is 30.0 Å². The molecule has 4 nitrogen and oxygen atoms in total. The first kappa shape index (κ1) is 19.3. The monoisotopic (exact) mass is 398 g/mol. The van der Waals surface area contributed by atoms with Crippen LogP contribution >= 0.6 is 11.6 Å². The van der Waals surface area contributed by atoms with Crippen molar-refractivity contribution in [3.63, 3.8) is 0 Å². The number of rotatable bonds is 4. The lowest BCUT2D eigenvalue weighted by Crippen LogP contribution is -3.15. The summed E-state index contributed by atoms with van der Waals surface area (Å²) in [4.78, 5) is 18.7. The smallest absolute Gasteiger partial charge is 0.278 e. The van der Waals surface area contributed by atoms with Crippen molar-refractivity contribution in [3.05, 3.63) is 64.7 Å². The molecule has 0 bridgehead atoms. The van der Waals surface area contributed by atoms with Crippen LogP contribution in [0.5, 0.6) is 0 Å².